The van der Waals surface area contributed by atoms with Crippen LogP contribution in [0.4, 0.5) is 0 Å². The molecule has 0 spiro atoms. The van der Waals surface area contributed by atoms with Gasteiger partial charge in [-0.25, -0.2) is 0 Å². The van der Waals surface area contributed by atoms with E-state index < -0.39 is 0 Å². The maximum atomic E-state index is 11.5. The Balaban J connectivity index is 0. The average molecular weight is 411 g/mol. The van der Waals surface area contributed by atoms with Crippen molar-refractivity contribution in [2.45, 2.75) is 13.0 Å². The molecule has 1 aliphatic heterocycles. The molecule has 0 saturated carbocycles. The Morgan fingerprint density at radius 2 is 2.10 bits per heavy atom. The van der Waals surface area contributed by atoms with Gasteiger partial charge in [0.15, 0.2) is 5.91 Å². The summed E-state index contributed by atoms with van der Waals surface area (Å²) < 4.78 is 9.30. The van der Waals surface area contributed by atoms with E-state index in [0.717, 1.165) is 11.3 Å². The largest absolute Gasteiger partial charge is 1.00 e. The summed E-state index contributed by atoms with van der Waals surface area (Å²) in [5, 5.41) is 0. The van der Waals surface area contributed by atoms with Gasteiger partial charge in [0.25, 0.3) is 0 Å². The van der Waals surface area contributed by atoms with Gasteiger partial charge in [0.05, 0.1) is 6.54 Å². The number of para-hydroxylation sites is 1. The van der Waals surface area contributed by atoms with Crippen molar-refractivity contribution in [3.8, 4) is 5.75 Å². The van der Waals surface area contributed by atoms with Gasteiger partial charge >= 0.3 is 68.9 Å². The summed E-state index contributed by atoms with van der Waals surface area (Å²) in [6, 6.07) is 7.83. The van der Waals surface area contributed by atoms with Crippen LogP contribution in [0, 0.1) is 14.4 Å². The van der Waals surface area contributed by atoms with Gasteiger partial charge in [-0.3, -0.25) is 4.79 Å². The molecule has 0 N–H and O–H groups in total. The van der Waals surface area contributed by atoms with Crippen molar-refractivity contribution in [1.82, 2.24) is 4.90 Å². The Hall–Kier alpha value is 0.0119. The predicted octanol–water partition coefficient (Wildman–Crippen LogP) is -1.21. The molecule has 1 aliphatic rings. The molecule has 5 nitrogen and oxygen atoms in total. The minimum absolute atomic E-state index is 0. The monoisotopic (exact) mass is 411 g/mol. The maximum Gasteiger partial charge on any atom is 1.00 e. The number of benzene rings is 1. The van der Waals surface area contributed by atoms with Crippen molar-refractivity contribution < 1.29 is 88.0 Å². The van der Waals surface area contributed by atoms with E-state index in [4.69, 9.17) is 9.53 Å². The third-order valence-corrected chi connectivity index (χ3v) is 2.60. The van der Waals surface area contributed by atoms with E-state index >= 15 is 0 Å². The first kappa shape index (κ1) is 23.3. The zero-order chi connectivity index (χ0) is 14.1. The third kappa shape index (κ3) is 8.27. The first-order valence-electron chi connectivity index (χ1n) is 5.90. The molecular formula is C15H20CsNO4-2. The summed E-state index contributed by atoms with van der Waals surface area (Å²) in [4.78, 5) is 22.2. The van der Waals surface area contributed by atoms with Crippen LogP contribution in [-0.4, -0.2) is 37.5 Å². The van der Waals surface area contributed by atoms with Gasteiger partial charge in [0.2, 0.25) is 0 Å². The molecule has 1 aromatic rings. The van der Waals surface area contributed by atoms with Crippen LogP contribution in [0.1, 0.15) is 12.0 Å². The average Bonchev–Trinajstić information content (AvgIpc) is 2.68. The molecule has 21 heavy (non-hydrogen) atoms. The number of hydrogen-bond donors (Lipinski definition) is 0. The zero-order valence-electron chi connectivity index (χ0n) is 12.9. The van der Waals surface area contributed by atoms with Crippen molar-refractivity contribution in [1.29, 1.82) is 0 Å². The van der Waals surface area contributed by atoms with Gasteiger partial charge in [-0.1, -0.05) is 24.7 Å². The molecule has 0 saturated heterocycles. The Bertz CT molecular complexity index is 426. The Labute approximate surface area is 185 Å². The van der Waals surface area contributed by atoms with E-state index in [2.05, 4.69) is 11.7 Å². The van der Waals surface area contributed by atoms with Crippen LogP contribution >= 0.6 is 0 Å². The number of carbonyl (C=O) groups excluding carboxylic acids is 2. The number of carbonyl (C=O) groups is 1. The van der Waals surface area contributed by atoms with E-state index in [0.29, 0.717) is 26.1 Å². The van der Waals surface area contributed by atoms with Crippen molar-refractivity contribution in [2.24, 2.45) is 0 Å². The van der Waals surface area contributed by atoms with Crippen LogP contribution in [0.2, 0.25) is 0 Å². The van der Waals surface area contributed by atoms with Gasteiger partial charge in [-0.05, 0) is 6.07 Å². The van der Waals surface area contributed by atoms with Gasteiger partial charge in [0.1, 0.15) is 12.4 Å². The van der Waals surface area contributed by atoms with E-state index in [1.807, 2.05) is 24.3 Å². The SMILES string of the molecule is CO[C-]=O.[CH2-]CC(=O)N1CCOc2ccccc2C1.[CH3-].[Cs+]. The first-order valence-corrected chi connectivity index (χ1v) is 5.90. The Morgan fingerprint density at radius 1 is 1.48 bits per heavy atom. The van der Waals surface area contributed by atoms with Crippen LogP contribution < -0.4 is 73.6 Å². The standard InChI is InChI=1S/C12H14NO2.C2H3O2.CH3.Cs/c1-2-12(14)13-7-8-15-11-6-4-3-5-10(11)9-13;1-4-2-3;;/h3-6H,1-2,7-9H2;1H3;1H3;/q3*-1;+1. The number of rotatable bonds is 2. The number of hydrogen-bond acceptors (Lipinski definition) is 4. The molecule has 0 unspecified atom stereocenters. The fourth-order valence-corrected chi connectivity index (χ4v) is 1.70. The van der Waals surface area contributed by atoms with E-state index in [9.17, 15) is 4.79 Å². The smallest absolute Gasteiger partial charge is 0.655 e. The van der Waals surface area contributed by atoms with Gasteiger partial charge < -0.3 is 33.5 Å². The van der Waals surface area contributed by atoms with E-state index in [-0.39, 0.29) is 82.2 Å². The molecule has 6 heteroatoms. The number of fused-ring (bicyclic) bond motifs is 1. The van der Waals surface area contributed by atoms with Gasteiger partial charge in [-0.2, -0.15) is 0 Å². The molecule has 1 amide bonds. The van der Waals surface area contributed by atoms with Gasteiger partial charge in [-0.15, -0.1) is 6.42 Å². The minimum atomic E-state index is 0. The molecule has 0 bridgehead atoms. The Morgan fingerprint density at radius 3 is 2.67 bits per heavy atom. The molecule has 0 aliphatic carbocycles. The summed E-state index contributed by atoms with van der Waals surface area (Å²) in [7, 11) is 1.26. The topological polar surface area (TPSA) is 55.8 Å². The molecule has 112 valence electrons. The quantitative estimate of drug-likeness (QED) is 0.574. The summed E-state index contributed by atoms with van der Waals surface area (Å²) >= 11 is 0. The van der Waals surface area contributed by atoms with Crippen molar-refractivity contribution in [3.63, 3.8) is 0 Å². The van der Waals surface area contributed by atoms with Crippen molar-refractivity contribution >= 4 is 12.4 Å². The van der Waals surface area contributed by atoms with Crippen molar-refractivity contribution in [3.05, 3.63) is 44.2 Å². The zero-order valence-corrected chi connectivity index (χ0v) is 19.2. The first-order chi connectivity index (χ1) is 9.22. The predicted molar refractivity (Wildman–Crippen MR) is 76.4 cm³/mol. The molecular weight excluding hydrogens is 391 g/mol. The summed E-state index contributed by atoms with van der Waals surface area (Å²) in [6.07, 6.45) is 0.308. The molecule has 1 aromatic carbocycles. The van der Waals surface area contributed by atoms with Gasteiger partial charge in [0, 0.05) is 19.2 Å². The van der Waals surface area contributed by atoms with Crippen molar-refractivity contribution in [2.75, 3.05) is 20.3 Å². The molecule has 1 heterocycles. The summed E-state index contributed by atoms with van der Waals surface area (Å²) in [6.45, 7) is 6.63. The minimum Gasteiger partial charge on any atom is -0.655 e. The van der Waals surface area contributed by atoms with Crippen LogP contribution in [-0.2, 0) is 20.9 Å². The maximum absolute atomic E-state index is 11.5. The number of amides is 1. The fraction of sp³-hybridized carbons (Fsp3) is 0.333. The molecule has 0 fully saturated rings. The second-order valence-corrected chi connectivity index (χ2v) is 3.81. The molecule has 0 aromatic heterocycles. The van der Waals surface area contributed by atoms with E-state index in [1.165, 1.54) is 13.6 Å². The van der Waals surface area contributed by atoms with E-state index in [1.54, 1.807) is 4.90 Å². The second kappa shape index (κ2) is 13.7. The molecule has 2 rings (SSSR count). The second-order valence-electron chi connectivity index (χ2n) is 3.81. The molecule has 0 atom stereocenters. The number of nitrogens with zero attached hydrogens (tertiary/aromatic N) is 1. The van der Waals surface area contributed by atoms with Crippen LogP contribution in [0.5, 0.6) is 5.75 Å². The normalized spacial score (nSPS) is 11.8. The molecule has 0 radical (unpaired) electrons. The number of ether oxygens (including phenoxy) is 2. The van der Waals surface area contributed by atoms with Crippen LogP contribution in [0.3, 0.4) is 0 Å². The number of methoxy groups -OCH3 is 1. The Kier molecular flexibility index (Phi) is 15.1. The summed E-state index contributed by atoms with van der Waals surface area (Å²) in [5.74, 6) is 0.965. The van der Waals surface area contributed by atoms with Crippen LogP contribution in [0.15, 0.2) is 24.3 Å². The summed E-state index contributed by atoms with van der Waals surface area (Å²) in [5.41, 5.74) is 1.07. The third-order valence-electron chi connectivity index (χ3n) is 2.60. The fourth-order valence-electron chi connectivity index (χ4n) is 1.70. The van der Waals surface area contributed by atoms with Crippen LogP contribution in [0.25, 0.3) is 0 Å².